The van der Waals surface area contributed by atoms with Crippen molar-refractivity contribution < 1.29 is 24.0 Å². The van der Waals surface area contributed by atoms with E-state index in [-0.39, 0.29) is 31.1 Å². The second-order valence-electron chi connectivity index (χ2n) is 4.24. The molecule has 1 aromatic rings. The SMILES string of the molecule is CCOC(=O)CCCC(=O)OCc1ccc([N+](=O)[O-])cc1. The average molecular weight is 295 g/mol. The van der Waals surface area contributed by atoms with Crippen molar-refractivity contribution in [2.24, 2.45) is 0 Å². The van der Waals surface area contributed by atoms with E-state index in [0.29, 0.717) is 18.6 Å². The van der Waals surface area contributed by atoms with Crippen molar-refractivity contribution in [1.82, 2.24) is 0 Å². The molecular formula is C14H17NO6. The number of ether oxygens (including phenoxy) is 2. The van der Waals surface area contributed by atoms with Crippen molar-refractivity contribution in [2.75, 3.05) is 6.61 Å². The third-order valence-electron chi connectivity index (χ3n) is 2.61. The summed E-state index contributed by atoms with van der Waals surface area (Å²) in [5.74, 6) is -0.752. The van der Waals surface area contributed by atoms with Gasteiger partial charge < -0.3 is 9.47 Å². The minimum Gasteiger partial charge on any atom is -0.466 e. The molecule has 0 spiro atoms. The molecule has 0 saturated heterocycles. The highest BCUT2D eigenvalue weighted by Gasteiger charge is 2.08. The van der Waals surface area contributed by atoms with Crippen molar-refractivity contribution >= 4 is 17.6 Å². The monoisotopic (exact) mass is 295 g/mol. The van der Waals surface area contributed by atoms with Crippen LogP contribution in [0.15, 0.2) is 24.3 Å². The van der Waals surface area contributed by atoms with Gasteiger partial charge in [0, 0.05) is 25.0 Å². The molecule has 0 aliphatic rings. The first-order valence-corrected chi connectivity index (χ1v) is 6.57. The summed E-state index contributed by atoms with van der Waals surface area (Å²) >= 11 is 0. The van der Waals surface area contributed by atoms with Crippen LogP contribution in [-0.4, -0.2) is 23.5 Å². The number of carbonyl (C=O) groups excluding carboxylic acids is 2. The molecule has 1 rings (SSSR count). The van der Waals surface area contributed by atoms with Crippen molar-refractivity contribution in [1.29, 1.82) is 0 Å². The Morgan fingerprint density at radius 2 is 1.67 bits per heavy atom. The van der Waals surface area contributed by atoms with Gasteiger partial charge >= 0.3 is 11.9 Å². The topological polar surface area (TPSA) is 95.7 Å². The summed E-state index contributed by atoms with van der Waals surface area (Å²) in [4.78, 5) is 32.5. The number of nitrogens with zero attached hydrogens (tertiary/aromatic N) is 1. The Hall–Kier alpha value is -2.44. The van der Waals surface area contributed by atoms with Gasteiger partial charge in [0.2, 0.25) is 0 Å². The van der Waals surface area contributed by atoms with Crippen molar-refractivity contribution in [3.05, 3.63) is 39.9 Å². The number of hydrogen-bond acceptors (Lipinski definition) is 6. The van der Waals surface area contributed by atoms with Crippen LogP contribution in [0.2, 0.25) is 0 Å². The molecule has 0 aromatic heterocycles. The first-order chi connectivity index (χ1) is 10.0. The molecule has 21 heavy (non-hydrogen) atoms. The lowest BCUT2D eigenvalue weighted by atomic mass is 10.2. The zero-order chi connectivity index (χ0) is 15.7. The molecule has 0 aliphatic carbocycles. The van der Waals surface area contributed by atoms with Crippen LogP contribution in [-0.2, 0) is 25.7 Å². The van der Waals surface area contributed by atoms with E-state index < -0.39 is 10.9 Å². The number of nitro groups is 1. The molecule has 0 amide bonds. The molecule has 1 aromatic carbocycles. The summed E-state index contributed by atoms with van der Waals surface area (Å²) in [5.41, 5.74) is 0.652. The van der Waals surface area contributed by atoms with Gasteiger partial charge in [-0.2, -0.15) is 0 Å². The van der Waals surface area contributed by atoms with Gasteiger partial charge in [0.25, 0.3) is 5.69 Å². The van der Waals surface area contributed by atoms with Gasteiger partial charge in [-0.3, -0.25) is 19.7 Å². The van der Waals surface area contributed by atoms with E-state index in [1.165, 1.54) is 24.3 Å². The minimum atomic E-state index is -0.495. The van der Waals surface area contributed by atoms with E-state index in [0.717, 1.165) is 0 Å². The molecule has 0 bridgehead atoms. The maximum Gasteiger partial charge on any atom is 0.306 e. The van der Waals surface area contributed by atoms with Gasteiger partial charge in [-0.25, -0.2) is 0 Å². The van der Waals surface area contributed by atoms with Crippen LogP contribution in [0.1, 0.15) is 31.7 Å². The number of rotatable bonds is 8. The van der Waals surface area contributed by atoms with Crippen LogP contribution in [0.3, 0.4) is 0 Å². The van der Waals surface area contributed by atoms with Crippen LogP contribution in [0.4, 0.5) is 5.69 Å². The average Bonchev–Trinajstić information content (AvgIpc) is 2.46. The first-order valence-electron chi connectivity index (χ1n) is 6.57. The van der Waals surface area contributed by atoms with Crippen molar-refractivity contribution in [3.8, 4) is 0 Å². The van der Waals surface area contributed by atoms with Crippen LogP contribution in [0, 0.1) is 10.1 Å². The largest absolute Gasteiger partial charge is 0.466 e. The van der Waals surface area contributed by atoms with E-state index in [2.05, 4.69) is 0 Å². The number of non-ortho nitro benzene ring substituents is 1. The number of nitro benzene ring substituents is 1. The van der Waals surface area contributed by atoms with Gasteiger partial charge in [-0.05, 0) is 31.0 Å². The highest BCUT2D eigenvalue weighted by atomic mass is 16.6. The third-order valence-corrected chi connectivity index (χ3v) is 2.61. The molecule has 0 atom stereocenters. The lowest BCUT2D eigenvalue weighted by molar-refractivity contribution is -0.384. The summed E-state index contributed by atoms with van der Waals surface area (Å²) < 4.78 is 9.75. The Kier molecular flexibility index (Phi) is 6.86. The van der Waals surface area contributed by atoms with E-state index in [4.69, 9.17) is 9.47 Å². The second kappa shape index (κ2) is 8.68. The van der Waals surface area contributed by atoms with Gasteiger partial charge in [0.15, 0.2) is 0 Å². The Morgan fingerprint density at radius 1 is 1.10 bits per heavy atom. The molecular weight excluding hydrogens is 278 g/mol. The van der Waals surface area contributed by atoms with E-state index >= 15 is 0 Å². The number of benzene rings is 1. The standard InChI is InChI=1S/C14H17NO6/c1-2-20-13(16)4-3-5-14(17)21-10-11-6-8-12(9-7-11)15(18)19/h6-9H,2-5,10H2,1H3. The fraction of sp³-hybridized carbons (Fsp3) is 0.429. The van der Waals surface area contributed by atoms with Crippen LogP contribution >= 0.6 is 0 Å². The Labute approximate surface area is 122 Å². The number of hydrogen-bond donors (Lipinski definition) is 0. The van der Waals surface area contributed by atoms with Gasteiger partial charge in [0.1, 0.15) is 6.61 Å². The van der Waals surface area contributed by atoms with Gasteiger partial charge in [-0.1, -0.05) is 0 Å². The zero-order valence-corrected chi connectivity index (χ0v) is 11.7. The molecule has 0 fully saturated rings. The lowest BCUT2D eigenvalue weighted by Crippen LogP contribution is -2.08. The molecule has 114 valence electrons. The Morgan fingerprint density at radius 3 is 2.19 bits per heavy atom. The molecule has 0 saturated carbocycles. The quantitative estimate of drug-likeness (QED) is 0.415. The predicted octanol–water partition coefficient (Wildman–Crippen LogP) is 2.37. The summed E-state index contributed by atoms with van der Waals surface area (Å²) in [6.45, 7) is 2.09. The number of carbonyl (C=O) groups is 2. The summed E-state index contributed by atoms with van der Waals surface area (Å²) in [5, 5.41) is 10.5. The summed E-state index contributed by atoms with van der Waals surface area (Å²) in [6, 6.07) is 5.77. The van der Waals surface area contributed by atoms with Crippen molar-refractivity contribution in [3.63, 3.8) is 0 Å². The van der Waals surface area contributed by atoms with Gasteiger partial charge in [0.05, 0.1) is 11.5 Å². The normalized spacial score (nSPS) is 9.95. The number of esters is 2. The second-order valence-corrected chi connectivity index (χ2v) is 4.24. The summed E-state index contributed by atoms with van der Waals surface area (Å²) in [7, 11) is 0. The van der Waals surface area contributed by atoms with E-state index in [9.17, 15) is 19.7 Å². The molecule has 0 unspecified atom stereocenters. The minimum absolute atomic E-state index is 0.0143. The molecule has 0 radical (unpaired) electrons. The van der Waals surface area contributed by atoms with Gasteiger partial charge in [-0.15, -0.1) is 0 Å². The fourth-order valence-corrected chi connectivity index (χ4v) is 1.56. The predicted molar refractivity (Wildman–Crippen MR) is 73.4 cm³/mol. The molecule has 0 aliphatic heterocycles. The highest BCUT2D eigenvalue weighted by molar-refractivity contribution is 5.72. The van der Waals surface area contributed by atoms with E-state index in [1.807, 2.05) is 0 Å². The maximum absolute atomic E-state index is 11.4. The lowest BCUT2D eigenvalue weighted by Gasteiger charge is -2.05. The molecule has 7 heteroatoms. The van der Waals surface area contributed by atoms with Crippen molar-refractivity contribution in [2.45, 2.75) is 32.8 Å². The van der Waals surface area contributed by atoms with Crippen LogP contribution in [0.25, 0.3) is 0 Å². The summed E-state index contributed by atoms with van der Waals surface area (Å²) in [6.07, 6.45) is 0.685. The first kappa shape index (κ1) is 16.6. The molecule has 7 nitrogen and oxygen atoms in total. The van der Waals surface area contributed by atoms with E-state index in [1.54, 1.807) is 6.92 Å². The zero-order valence-electron chi connectivity index (χ0n) is 11.7. The van der Waals surface area contributed by atoms with Crippen LogP contribution in [0.5, 0.6) is 0 Å². The van der Waals surface area contributed by atoms with Crippen LogP contribution < -0.4 is 0 Å². The smallest absolute Gasteiger partial charge is 0.306 e. The Balaban J connectivity index is 2.26. The molecule has 0 N–H and O–H groups in total. The maximum atomic E-state index is 11.4. The highest BCUT2D eigenvalue weighted by Crippen LogP contribution is 2.13. The molecule has 0 heterocycles. The third kappa shape index (κ3) is 6.51. The fourth-order valence-electron chi connectivity index (χ4n) is 1.56. The Bertz CT molecular complexity index is 497.